The van der Waals surface area contributed by atoms with Gasteiger partial charge in [-0.15, -0.1) is 0 Å². The molecule has 0 bridgehead atoms. The summed E-state index contributed by atoms with van der Waals surface area (Å²) in [5.74, 6) is -0.126. The van der Waals surface area contributed by atoms with E-state index >= 15 is 0 Å². The van der Waals surface area contributed by atoms with E-state index in [0.717, 1.165) is 12.1 Å². The number of alkyl halides is 3. The molecule has 1 aromatic rings. The predicted octanol–water partition coefficient (Wildman–Crippen LogP) is 2.40. The van der Waals surface area contributed by atoms with Crippen molar-refractivity contribution in [3.05, 3.63) is 23.4 Å². The first-order chi connectivity index (χ1) is 8.69. The van der Waals surface area contributed by atoms with Gasteiger partial charge in [0.2, 0.25) is 0 Å². The molecule has 0 saturated carbocycles. The Morgan fingerprint density at radius 2 is 2.00 bits per heavy atom. The van der Waals surface area contributed by atoms with E-state index in [1.54, 1.807) is 19.9 Å². The van der Waals surface area contributed by atoms with E-state index in [2.05, 4.69) is 10.3 Å². The largest absolute Gasteiger partial charge is 0.433 e. The summed E-state index contributed by atoms with van der Waals surface area (Å²) in [6.45, 7) is 3.53. The number of nitrogens with one attached hydrogen (secondary N) is 1. The van der Waals surface area contributed by atoms with Crippen LogP contribution in [0.5, 0.6) is 0 Å². The number of aliphatic hydroxyl groups excluding tert-OH is 1. The van der Waals surface area contributed by atoms with Crippen molar-refractivity contribution in [1.29, 1.82) is 5.26 Å². The van der Waals surface area contributed by atoms with Gasteiger partial charge in [0.15, 0.2) is 0 Å². The highest BCUT2D eigenvalue weighted by Gasteiger charge is 2.33. The summed E-state index contributed by atoms with van der Waals surface area (Å²) in [4.78, 5) is 3.41. The maximum Gasteiger partial charge on any atom is 0.433 e. The van der Waals surface area contributed by atoms with Gasteiger partial charge in [-0.1, -0.05) is 13.8 Å². The van der Waals surface area contributed by atoms with Crippen molar-refractivity contribution in [1.82, 2.24) is 4.98 Å². The summed E-state index contributed by atoms with van der Waals surface area (Å²) in [5.41, 5.74) is -1.56. The van der Waals surface area contributed by atoms with Crippen LogP contribution in [0.4, 0.5) is 19.0 Å². The van der Waals surface area contributed by atoms with Crippen LogP contribution in [0.2, 0.25) is 0 Å². The summed E-state index contributed by atoms with van der Waals surface area (Å²) in [6.07, 6.45) is -4.56. The van der Waals surface area contributed by atoms with E-state index in [0.29, 0.717) is 0 Å². The summed E-state index contributed by atoms with van der Waals surface area (Å²) >= 11 is 0. The zero-order valence-corrected chi connectivity index (χ0v) is 10.5. The molecule has 4 nitrogen and oxygen atoms in total. The third-order valence-corrected chi connectivity index (χ3v) is 2.47. The smallest absolute Gasteiger partial charge is 0.396 e. The number of hydrogen-bond donors (Lipinski definition) is 2. The van der Waals surface area contributed by atoms with E-state index in [4.69, 9.17) is 10.4 Å². The lowest BCUT2D eigenvalue weighted by atomic mass is 9.95. The van der Waals surface area contributed by atoms with Gasteiger partial charge >= 0.3 is 6.18 Å². The third kappa shape index (κ3) is 4.10. The van der Waals surface area contributed by atoms with Gasteiger partial charge < -0.3 is 10.4 Å². The van der Waals surface area contributed by atoms with E-state index < -0.39 is 17.3 Å². The topological polar surface area (TPSA) is 68.9 Å². The lowest BCUT2D eigenvalue weighted by Gasteiger charge is -2.22. The Hall–Kier alpha value is -1.81. The second-order valence-corrected chi connectivity index (χ2v) is 4.88. The van der Waals surface area contributed by atoms with Crippen LogP contribution in [0.3, 0.4) is 0 Å². The van der Waals surface area contributed by atoms with E-state index in [1.165, 1.54) is 0 Å². The molecule has 0 atom stereocenters. The highest BCUT2D eigenvalue weighted by atomic mass is 19.4. The van der Waals surface area contributed by atoms with Crippen LogP contribution in [-0.4, -0.2) is 23.2 Å². The molecule has 0 aliphatic heterocycles. The molecule has 0 spiro atoms. The lowest BCUT2D eigenvalue weighted by Crippen LogP contribution is -2.27. The molecule has 0 radical (unpaired) electrons. The van der Waals surface area contributed by atoms with Crippen LogP contribution in [0, 0.1) is 16.7 Å². The second kappa shape index (κ2) is 5.45. The van der Waals surface area contributed by atoms with Crippen LogP contribution in [-0.2, 0) is 6.18 Å². The third-order valence-electron chi connectivity index (χ3n) is 2.47. The Bertz CT molecular complexity index is 492. The van der Waals surface area contributed by atoms with Crippen molar-refractivity contribution in [2.45, 2.75) is 20.0 Å². The van der Waals surface area contributed by atoms with Crippen LogP contribution in [0.1, 0.15) is 25.1 Å². The number of nitrogens with zero attached hydrogens (tertiary/aromatic N) is 2. The predicted molar refractivity (Wildman–Crippen MR) is 63.3 cm³/mol. The zero-order valence-electron chi connectivity index (χ0n) is 10.5. The van der Waals surface area contributed by atoms with Crippen molar-refractivity contribution in [3.8, 4) is 6.07 Å². The van der Waals surface area contributed by atoms with Crippen molar-refractivity contribution >= 4 is 5.82 Å². The number of hydrogen-bond acceptors (Lipinski definition) is 4. The molecule has 1 aromatic heterocycles. The standard InChI is InChI=1S/C12H14F3N3O/c1-11(2,7-19)6-17-10-8(5-16)3-4-9(18-10)12(13,14)15/h3-4,19H,6-7H2,1-2H3,(H,17,18). The number of aromatic nitrogens is 1. The fourth-order valence-corrected chi connectivity index (χ4v) is 1.22. The van der Waals surface area contributed by atoms with Gasteiger partial charge in [0.05, 0.1) is 5.56 Å². The fraction of sp³-hybridized carbons (Fsp3) is 0.500. The first-order valence-electron chi connectivity index (χ1n) is 5.53. The molecule has 1 rings (SSSR count). The number of aliphatic hydroxyl groups is 1. The molecule has 0 saturated heterocycles. The Labute approximate surface area is 108 Å². The Morgan fingerprint density at radius 3 is 2.47 bits per heavy atom. The minimum Gasteiger partial charge on any atom is -0.396 e. The number of pyridine rings is 1. The maximum atomic E-state index is 12.5. The molecule has 0 aliphatic carbocycles. The molecule has 0 aliphatic rings. The number of nitriles is 1. The molecule has 7 heteroatoms. The highest BCUT2D eigenvalue weighted by Crippen LogP contribution is 2.29. The van der Waals surface area contributed by atoms with Crippen LogP contribution in [0.25, 0.3) is 0 Å². The molecule has 104 valence electrons. The monoisotopic (exact) mass is 273 g/mol. The first-order valence-corrected chi connectivity index (χ1v) is 5.53. The van der Waals surface area contributed by atoms with Gasteiger partial charge in [-0.05, 0) is 12.1 Å². The molecule has 1 heterocycles. The zero-order chi connectivity index (χ0) is 14.7. The average Bonchev–Trinajstić information content (AvgIpc) is 2.35. The van der Waals surface area contributed by atoms with Crippen molar-refractivity contribution in [3.63, 3.8) is 0 Å². The molecule has 0 aromatic carbocycles. The molecule has 2 N–H and O–H groups in total. The summed E-state index contributed by atoms with van der Waals surface area (Å²) < 4.78 is 37.6. The van der Waals surface area contributed by atoms with Crippen LogP contribution < -0.4 is 5.32 Å². The molecular weight excluding hydrogens is 259 g/mol. The minimum atomic E-state index is -4.56. The molecule has 0 fully saturated rings. The number of anilines is 1. The van der Waals surface area contributed by atoms with E-state index in [9.17, 15) is 13.2 Å². The van der Waals surface area contributed by atoms with Gasteiger partial charge in [-0.2, -0.15) is 18.4 Å². The highest BCUT2D eigenvalue weighted by molar-refractivity contribution is 5.52. The summed E-state index contributed by atoms with van der Waals surface area (Å²) in [5, 5.41) is 20.6. The number of halogens is 3. The second-order valence-electron chi connectivity index (χ2n) is 4.88. The summed E-state index contributed by atoms with van der Waals surface area (Å²) in [7, 11) is 0. The van der Waals surface area contributed by atoms with Gasteiger partial charge in [0.25, 0.3) is 0 Å². The van der Waals surface area contributed by atoms with Gasteiger partial charge in [-0.25, -0.2) is 4.98 Å². The Balaban J connectivity index is 3.01. The lowest BCUT2D eigenvalue weighted by molar-refractivity contribution is -0.141. The number of rotatable bonds is 4. The molecule has 19 heavy (non-hydrogen) atoms. The van der Waals surface area contributed by atoms with Gasteiger partial charge in [0.1, 0.15) is 17.6 Å². The quantitative estimate of drug-likeness (QED) is 0.883. The molecular formula is C12H14F3N3O. The van der Waals surface area contributed by atoms with Crippen molar-refractivity contribution in [2.75, 3.05) is 18.5 Å². The van der Waals surface area contributed by atoms with Crippen LogP contribution in [0.15, 0.2) is 12.1 Å². The molecule has 0 amide bonds. The van der Waals surface area contributed by atoms with E-state index in [1.807, 2.05) is 0 Å². The fourth-order valence-electron chi connectivity index (χ4n) is 1.22. The van der Waals surface area contributed by atoms with Crippen molar-refractivity contribution < 1.29 is 18.3 Å². The van der Waals surface area contributed by atoms with Crippen LogP contribution >= 0.6 is 0 Å². The normalized spacial score (nSPS) is 12.1. The Morgan fingerprint density at radius 1 is 1.37 bits per heavy atom. The Kier molecular flexibility index (Phi) is 4.37. The van der Waals surface area contributed by atoms with E-state index in [-0.39, 0.29) is 24.5 Å². The maximum absolute atomic E-state index is 12.5. The van der Waals surface area contributed by atoms with Crippen molar-refractivity contribution in [2.24, 2.45) is 5.41 Å². The first kappa shape index (κ1) is 15.2. The van der Waals surface area contributed by atoms with Gasteiger partial charge in [0, 0.05) is 18.6 Å². The summed E-state index contributed by atoms with van der Waals surface area (Å²) in [6, 6.07) is 3.61. The van der Waals surface area contributed by atoms with Gasteiger partial charge in [-0.3, -0.25) is 0 Å². The average molecular weight is 273 g/mol. The molecule has 0 unspecified atom stereocenters. The SMILES string of the molecule is CC(C)(CO)CNc1nc(C(F)(F)F)ccc1C#N. The minimum absolute atomic E-state index is 0.0294.